The number of halogens is 3. The molecule has 1 aliphatic rings. The van der Waals surface area contributed by atoms with Crippen molar-refractivity contribution in [3.8, 4) is 5.75 Å². The third kappa shape index (κ3) is 6.29. The van der Waals surface area contributed by atoms with Crippen molar-refractivity contribution in [2.75, 3.05) is 42.9 Å². The molecule has 0 saturated carbocycles. The van der Waals surface area contributed by atoms with Crippen LogP contribution < -0.4 is 15.0 Å². The molecule has 0 radical (unpaired) electrons. The first-order valence-electron chi connectivity index (χ1n) is 9.16. The summed E-state index contributed by atoms with van der Waals surface area (Å²) in [4.78, 5) is 21.0. The standard InChI is InChI=1S/C18H22F3N5O2S/c1-12(2)16-23-17(29-24-16)26-9-7-25(8-10-26)11-15(27)22-13-3-5-14(6-4-13)28-18(19,20)21/h3-6,12H,7-11H2,1-2H3,(H,22,27). The molecule has 1 fully saturated rings. The fraction of sp³-hybridized carbons (Fsp3) is 0.500. The molecule has 2 aromatic rings. The van der Waals surface area contributed by atoms with Crippen molar-refractivity contribution in [2.45, 2.75) is 26.1 Å². The van der Waals surface area contributed by atoms with Crippen molar-refractivity contribution in [1.82, 2.24) is 14.3 Å². The van der Waals surface area contributed by atoms with Gasteiger partial charge in [-0.3, -0.25) is 9.69 Å². The third-order valence-electron chi connectivity index (χ3n) is 4.33. The van der Waals surface area contributed by atoms with Gasteiger partial charge in [-0.15, -0.1) is 13.2 Å². The van der Waals surface area contributed by atoms with Crippen LogP contribution in [0.25, 0.3) is 0 Å². The van der Waals surface area contributed by atoms with Gasteiger partial charge in [-0.1, -0.05) is 13.8 Å². The van der Waals surface area contributed by atoms with E-state index in [0.29, 0.717) is 24.7 Å². The van der Waals surface area contributed by atoms with Crippen molar-refractivity contribution in [3.63, 3.8) is 0 Å². The molecule has 0 spiro atoms. The van der Waals surface area contributed by atoms with E-state index in [4.69, 9.17) is 0 Å². The monoisotopic (exact) mass is 429 g/mol. The number of rotatable bonds is 6. The van der Waals surface area contributed by atoms with Crippen molar-refractivity contribution in [2.24, 2.45) is 0 Å². The van der Waals surface area contributed by atoms with E-state index in [0.717, 1.165) is 36.2 Å². The molecule has 0 atom stereocenters. The van der Waals surface area contributed by atoms with Gasteiger partial charge in [0.25, 0.3) is 0 Å². The van der Waals surface area contributed by atoms with Gasteiger partial charge >= 0.3 is 6.36 Å². The van der Waals surface area contributed by atoms with Gasteiger partial charge in [0.2, 0.25) is 11.0 Å². The van der Waals surface area contributed by atoms with Crippen LogP contribution in [0.5, 0.6) is 5.75 Å². The van der Waals surface area contributed by atoms with Gasteiger partial charge < -0.3 is 15.0 Å². The maximum Gasteiger partial charge on any atom is 0.573 e. The van der Waals surface area contributed by atoms with Crippen molar-refractivity contribution in [3.05, 3.63) is 30.1 Å². The number of hydrogen-bond donors (Lipinski definition) is 1. The van der Waals surface area contributed by atoms with E-state index in [1.54, 1.807) is 0 Å². The lowest BCUT2D eigenvalue weighted by atomic mass is 10.2. The summed E-state index contributed by atoms with van der Waals surface area (Å²) in [5, 5.41) is 3.59. The Morgan fingerprint density at radius 3 is 2.41 bits per heavy atom. The second kappa shape index (κ2) is 8.95. The van der Waals surface area contributed by atoms with Crippen LogP contribution in [0.3, 0.4) is 0 Å². The molecule has 1 N–H and O–H groups in total. The average molecular weight is 429 g/mol. The second-order valence-corrected chi connectivity index (χ2v) is 7.70. The van der Waals surface area contributed by atoms with E-state index in [1.165, 1.54) is 23.7 Å². The smallest absolute Gasteiger partial charge is 0.406 e. The molecule has 1 aromatic carbocycles. The maximum atomic E-state index is 12.2. The quantitative estimate of drug-likeness (QED) is 0.760. The van der Waals surface area contributed by atoms with Crippen LogP contribution in [-0.2, 0) is 4.79 Å². The lowest BCUT2D eigenvalue weighted by Gasteiger charge is -2.33. The fourth-order valence-corrected chi connectivity index (χ4v) is 3.69. The number of aromatic nitrogens is 2. The van der Waals surface area contributed by atoms with Crippen molar-refractivity contribution >= 4 is 28.3 Å². The van der Waals surface area contributed by atoms with Crippen molar-refractivity contribution < 1.29 is 22.7 Å². The van der Waals surface area contributed by atoms with Crippen LogP contribution in [-0.4, -0.2) is 59.3 Å². The molecule has 3 rings (SSSR count). The van der Waals surface area contributed by atoms with Crippen LogP contribution in [0.1, 0.15) is 25.6 Å². The van der Waals surface area contributed by atoms with E-state index in [1.807, 2.05) is 4.90 Å². The minimum atomic E-state index is -4.74. The largest absolute Gasteiger partial charge is 0.573 e. The van der Waals surface area contributed by atoms with Gasteiger partial charge in [0.15, 0.2) is 0 Å². The summed E-state index contributed by atoms with van der Waals surface area (Å²) in [5.74, 6) is 0.586. The fourth-order valence-electron chi connectivity index (χ4n) is 2.83. The zero-order chi connectivity index (χ0) is 21.0. The SMILES string of the molecule is CC(C)c1nsc(N2CCN(CC(=O)Nc3ccc(OC(F)(F)F)cc3)CC2)n1. The lowest BCUT2D eigenvalue weighted by molar-refractivity contribution is -0.274. The lowest BCUT2D eigenvalue weighted by Crippen LogP contribution is -2.48. The Hall–Kier alpha value is -2.40. The molecular formula is C18H22F3N5O2S. The molecule has 2 heterocycles. The number of amides is 1. The normalized spacial score (nSPS) is 15.6. The summed E-state index contributed by atoms with van der Waals surface area (Å²) < 4.78 is 44.7. The molecule has 1 aromatic heterocycles. The molecule has 0 aliphatic carbocycles. The minimum Gasteiger partial charge on any atom is -0.406 e. The summed E-state index contributed by atoms with van der Waals surface area (Å²) in [5.41, 5.74) is 0.415. The Balaban J connectivity index is 1.44. The summed E-state index contributed by atoms with van der Waals surface area (Å²) in [6.45, 7) is 7.25. The van der Waals surface area contributed by atoms with Crippen LogP contribution >= 0.6 is 11.5 Å². The number of nitrogens with zero attached hydrogens (tertiary/aromatic N) is 4. The maximum absolute atomic E-state index is 12.2. The van der Waals surface area contributed by atoms with Gasteiger partial charge in [-0.25, -0.2) is 4.98 Å². The summed E-state index contributed by atoms with van der Waals surface area (Å²) in [7, 11) is 0. The predicted octanol–water partition coefficient (Wildman–Crippen LogP) is 3.32. The first-order chi connectivity index (χ1) is 13.7. The number of anilines is 2. The minimum absolute atomic E-state index is 0.210. The molecule has 1 amide bonds. The molecular weight excluding hydrogens is 407 g/mol. The van der Waals surface area contributed by atoms with E-state index < -0.39 is 6.36 Å². The van der Waals surface area contributed by atoms with Gasteiger partial charge in [-0.05, 0) is 24.3 Å². The van der Waals surface area contributed by atoms with Crippen LogP contribution in [0, 0.1) is 0 Å². The average Bonchev–Trinajstić information content (AvgIpc) is 3.13. The van der Waals surface area contributed by atoms with Crippen LogP contribution in [0.2, 0.25) is 0 Å². The van der Waals surface area contributed by atoms with Gasteiger partial charge in [0.05, 0.1) is 6.54 Å². The number of piperazine rings is 1. The molecule has 0 unspecified atom stereocenters. The number of nitrogens with one attached hydrogen (secondary N) is 1. The number of alkyl halides is 3. The number of hydrogen-bond acceptors (Lipinski definition) is 7. The third-order valence-corrected chi connectivity index (χ3v) is 5.12. The number of benzene rings is 1. The molecule has 1 aliphatic heterocycles. The van der Waals surface area contributed by atoms with Gasteiger partial charge in [0.1, 0.15) is 11.6 Å². The molecule has 7 nitrogen and oxygen atoms in total. The van der Waals surface area contributed by atoms with Gasteiger partial charge in [-0.2, -0.15) is 4.37 Å². The molecule has 29 heavy (non-hydrogen) atoms. The molecule has 11 heteroatoms. The second-order valence-electron chi connectivity index (χ2n) is 6.97. The van der Waals surface area contributed by atoms with Crippen LogP contribution in [0.4, 0.5) is 24.0 Å². The highest BCUT2D eigenvalue weighted by Gasteiger charge is 2.31. The number of ether oxygens (including phenoxy) is 1. The summed E-state index contributed by atoms with van der Waals surface area (Å²) in [6.07, 6.45) is -4.74. The Morgan fingerprint density at radius 1 is 1.21 bits per heavy atom. The Bertz CT molecular complexity index is 818. The Kier molecular flexibility index (Phi) is 6.58. The zero-order valence-corrected chi connectivity index (χ0v) is 16.9. The number of carbonyl (C=O) groups is 1. The highest BCUT2D eigenvalue weighted by atomic mass is 32.1. The first-order valence-corrected chi connectivity index (χ1v) is 9.93. The highest BCUT2D eigenvalue weighted by Crippen LogP contribution is 2.24. The predicted molar refractivity (Wildman–Crippen MR) is 104 cm³/mol. The molecule has 158 valence electrons. The van der Waals surface area contributed by atoms with Gasteiger partial charge in [0, 0.05) is 49.3 Å². The summed E-state index contributed by atoms with van der Waals surface area (Å²) >= 11 is 1.39. The summed E-state index contributed by atoms with van der Waals surface area (Å²) in [6, 6.07) is 5.07. The van der Waals surface area contributed by atoms with E-state index >= 15 is 0 Å². The van der Waals surface area contributed by atoms with Crippen LogP contribution in [0.15, 0.2) is 24.3 Å². The van der Waals surface area contributed by atoms with E-state index in [9.17, 15) is 18.0 Å². The zero-order valence-electron chi connectivity index (χ0n) is 16.1. The first kappa shape index (κ1) is 21.3. The number of carbonyl (C=O) groups excluding carboxylic acids is 1. The Labute approximate surface area is 170 Å². The topological polar surface area (TPSA) is 70.6 Å². The van der Waals surface area contributed by atoms with E-state index in [-0.39, 0.29) is 18.2 Å². The van der Waals surface area contributed by atoms with E-state index in [2.05, 4.69) is 38.2 Å². The molecule has 1 saturated heterocycles. The molecule has 0 bridgehead atoms. The van der Waals surface area contributed by atoms with Crippen molar-refractivity contribution in [1.29, 1.82) is 0 Å². The Morgan fingerprint density at radius 2 is 1.86 bits per heavy atom. The highest BCUT2D eigenvalue weighted by molar-refractivity contribution is 7.09.